The van der Waals surface area contributed by atoms with Crippen molar-refractivity contribution in [3.8, 4) is 0 Å². The molecule has 2 aromatic rings. The molecule has 3 heteroatoms. The summed E-state index contributed by atoms with van der Waals surface area (Å²) in [7, 11) is 0. The number of hydrogen-bond donors (Lipinski definition) is 1. The molecule has 1 atom stereocenters. The predicted molar refractivity (Wildman–Crippen MR) is 86.7 cm³/mol. The third kappa shape index (κ3) is 4.20. The van der Waals surface area contributed by atoms with Crippen LogP contribution in [0.2, 0.25) is 0 Å². The van der Waals surface area contributed by atoms with E-state index in [9.17, 15) is 4.79 Å². The molecule has 2 aromatic carbocycles. The van der Waals surface area contributed by atoms with Gasteiger partial charge >= 0.3 is 0 Å². The van der Waals surface area contributed by atoms with Crippen LogP contribution in [0.4, 0.5) is 5.69 Å². The molecule has 0 radical (unpaired) electrons. The van der Waals surface area contributed by atoms with Crippen LogP contribution in [0.5, 0.6) is 0 Å². The predicted octanol–water partition coefficient (Wildman–Crippen LogP) is 4.34. The van der Waals surface area contributed by atoms with E-state index in [4.69, 9.17) is 5.73 Å². The highest BCUT2D eigenvalue weighted by molar-refractivity contribution is 9.10. The van der Waals surface area contributed by atoms with Gasteiger partial charge in [-0.25, -0.2) is 0 Å². The van der Waals surface area contributed by atoms with Gasteiger partial charge in [0.25, 0.3) is 0 Å². The van der Waals surface area contributed by atoms with E-state index < -0.39 is 0 Å². The number of carbonyl (C=O) groups excluding carboxylic acids is 1. The minimum atomic E-state index is 0.218. The third-order valence-electron chi connectivity index (χ3n) is 3.33. The fraction of sp³-hybridized carbons (Fsp3) is 0.235. The lowest BCUT2D eigenvalue weighted by molar-refractivity contribution is -0.118. The Labute approximate surface area is 128 Å². The second kappa shape index (κ2) is 6.71. The van der Waals surface area contributed by atoms with Crippen molar-refractivity contribution >= 4 is 27.4 Å². The molecule has 2 rings (SSSR count). The van der Waals surface area contributed by atoms with Crippen LogP contribution in [0.3, 0.4) is 0 Å². The molecule has 0 saturated heterocycles. The lowest BCUT2D eigenvalue weighted by Crippen LogP contribution is -2.07. The molecule has 0 fully saturated rings. The summed E-state index contributed by atoms with van der Waals surface area (Å²) in [6.07, 6.45) is 1.04. The summed E-state index contributed by atoms with van der Waals surface area (Å²) in [4.78, 5) is 12.1. The van der Waals surface area contributed by atoms with Crippen LogP contribution in [0.25, 0.3) is 0 Å². The first-order valence-electron chi connectivity index (χ1n) is 6.66. The number of nitrogens with two attached hydrogens (primary N) is 1. The van der Waals surface area contributed by atoms with Crippen molar-refractivity contribution in [1.82, 2.24) is 0 Å². The summed E-state index contributed by atoms with van der Waals surface area (Å²) in [5.41, 5.74) is 8.63. The molecule has 0 bridgehead atoms. The van der Waals surface area contributed by atoms with Crippen LogP contribution in [0.15, 0.2) is 53.0 Å². The molecule has 0 amide bonds. The Kier molecular flexibility index (Phi) is 4.96. The van der Waals surface area contributed by atoms with Crippen molar-refractivity contribution in [2.24, 2.45) is 0 Å². The molecular formula is C17H18BrNO. The summed E-state index contributed by atoms with van der Waals surface area (Å²) in [5.74, 6) is 0.475. The maximum Gasteiger partial charge on any atom is 0.137 e. The summed E-state index contributed by atoms with van der Waals surface area (Å²) < 4.78 is 1.01. The molecule has 1 unspecified atom stereocenters. The van der Waals surface area contributed by atoms with E-state index in [0.29, 0.717) is 12.8 Å². The number of hydrogen-bond acceptors (Lipinski definition) is 2. The minimum absolute atomic E-state index is 0.218. The number of anilines is 1. The van der Waals surface area contributed by atoms with Gasteiger partial charge in [0.05, 0.1) is 0 Å². The largest absolute Gasteiger partial charge is 0.399 e. The van der Waals surface area contributed by atoms with Crippen LogP contribution in [-0.4, -0.2) is 5.78 Å². The van der Waals surface area contributed by atoms with Crippen molar-refractivity contribution in [1.29, 1.82) is 0 Å². The van der Waals surface area contributed by atoms with Gasteiger partial charge in [-0.3, -0.25) is 4.79 Å². The van der Waals surface area contributed by atoms with E-state index in [1.54, 1.807) is 0 Å². The van der Waals surface area contributed by atoms with Gasteiger partial charge in [-0.1, -0.05) is 47.1 Å². The number of rotatable bonds is 5. The fourth-order valence-electron chi connectivity index (χ4n) is 2.23. The number of nitrogen functional groups attached to an aromatic ring is 1. The van der Waals surface area contributed by atoms with Gasteiger partial charge in [-0.05, 0) is 41.3 Å². The van der Waals surface area contributed by atoms with Gasteiger partial charge in [-0.15, -0.1) is 0 Å². The van der Waals surface area contributed by atoms with E-state index >= 15 is 0 Å². The molecular weight excluding hydrogens is 314 g/mol. The van der Waals surface area contributed by atoms with Crippen LogP contribution in [0, 0.1) is 0 Å². The number of benzene rings is 2. The van der Waals surface area contributed by atoms with Crippen molar-refractivity contribution in [2.75, 3.05) is 5.73 Å². The quantitative estimate of drug-likeness (QED) is 0.828. The number of carbonyl (C=O) groups is 1. The molecule has 2 nitrogen and oxygen atoms in total. The SMILES string of the molecule is CC(CC(=O)Cc1cccc(Br)c1)c1ccc(N)cc1. The molecule has 0 aromatic heterocycles. The van der Waals surface area contributed by atoms with Gasteiger partial charge in [0, 0.05) is 23.0 Å². The maximum atomic E-state index is 12.1. The third-order valence-corrected chi connectivity index (χ3v) is 3.82. The Balaban J connectivity index is 1.95. The zero-order chi connectivity index (χ0) is 14.5. The lowest BCUT2D eigenvalue weighted by Gasteiger charge is -2.11. The molecule has 0 aliphatic heterocycles. The first-order valence-corrected chi connectivity index (χ1v) is 7.45. The van der Waals surface area contributed by atoms with Crippen molar-refractivity contribution in [3.05, 3.63) is 64.1 Å². The number of halogens is 1. The Morgan fingerprint density at radius 3 is 2.55 bits per heavy atom. The van der Waals surface area contributed by atoms with Crippen LogP contribution in [-0.2, 0) is 11.2 Å². The fourth-order valence-corrected chi connectivity index (χ4v) is 2.68. The summed E-state index contributed by atoms with van der Waals surface area (Å²) in [6, 6.07) is 15.6. The smallest absolute Gasteiger partial charge is 0.137 e. The molecule has 20 heavy (non-hydrogen) atoms. The van der Waals surface area contributed by atoms with Gasteiger partial charge < -0.3 is 5.73 Å². The highest BCUT2D eigenvalue weighted by Gasteiger charge is 2.12. The molecule has 0 saturated carbocycles. The molecule has 0 aliphatic carbocycles. The minimum Gasteiger partial charge on any atom is -0.399 e. The lowest BCUT2D eigenvalue weighted by atomic mass is 9.93. The molecule has 104 valence electrons. The van der Waals surface area contributed by atoms with E-state index in [0.717, 1.165) is 21.3 Å². The molecule has 0 aliphatic rings. The first-order chi connectivity index (χ1) is 9.54. The molecule has 0 spiro atoms. The van der Waals surface area contributed by atoms with Gasteiger partial charge in [0.2, 0.25) is 0 Å². The normalized spacial score (nSPS) is 12.1. The molecule has 2 N–H and O–H groups in total. The number of ketones is 1. The standard InChI is InChI=1S/C17H18BrNO/c1-12(14-5-7-16(19)8-6-14)9-17(20)11-13-3-2-4-15(18)10-13/h2-8,10,12H,9,11,19H2,1H3. The average molecular weight is 332 g/mol. The van der Waals surface area contributed by atoms with Gasteiger partial charge in [-0.2, -0.15) is 0 Å². The van der Waals surface area contributed by atoms with E-state index in [1.807, 2.05) is 48.5 Å². The van der Waals surface area contributed by atoms with Gasteiger partial charge in [0.15, 0.2) is 0 Å². The highest BCUT2D eigenvalue weighted by atomic mass is 79.9. The highest BCUT2D eigenvalue weighted by Crippen LogP contribution is 2.21. The van der Waals surface area contributed by atoms with Crippen molar-refractivity contribution in [2.45, 2.75) is 25.7 Å². The van der Waals surface area contributed by atoms with Crippen molar-refractivity contribution in [3.63, 3.8) is 0 Å². The van der Waals surface area contributed by atoms with E-state index in [-0.39, 0.29) is 11.7 Å². The summed E-state index contributed by atoms with van der Waals surface area (Å²) in [6.45, 7) is 2.07. The Bertz CT molecular complexity index is 592. The maximum absolute atomic E-state index is 12.1. The second-order valence-electron chi connectivity index (χ2n) is 5.12. The van der Waals surface area contributed by atoms with E-state index in [2.05, 4.69) is 22.9 Å². The zero-order valence-corrected chi connectivity index (χ0v) is 13.1. The van der Waals surface area contributed by atoms with Crippen LogP contribution < -0.4 is 5.73 Å². The topological polar surface area (TPSA) is 43.1 Å². The van der Waals surface area contributed by atoms with E-state index in [1.165, 1.54) is 0 Å². The Morgan fingerprint density at radius 1 is 1.20 bits per heavy atom. The first kappa shape index (κ1) is 14.8. The second-order valence-corrected chi connectivity index (χ2v) is 6.03. The Morgan fingerprint density at radius 2 is 1.90 bits per heavy atom. The molecule has 0 heterocycles. The summed E-state index contributed by atoms with van der Waals surface area (Å²) >= 11 is 3.42. The average Bonchev–Trinajstić information content (AvgIpc) is 2.39. The van der Waals surface area contributed by atoms with Crippen molar-refractivity contribution < 1.29 is 4.79 Å². The Hall–Kier alpha value is -1.61. The van der Waals surface area contributed by atoms with Gasteiger partial charge in [0.1, 0.15) is 5.78 Å². The summed E-state index contributed by atoms with van der Waals surface area (Å²) in [5, 5.41) is 0. The monoisotopic (exact) mass is 331 g/mol. The van der Waals surface area contributed by atoms with Crippen LogP contribution in [0.1, 0.15) is 30.4 Å². The number of Topliss-reactive ketones (excluding diaryl/α,β-unsaturated/α-hetero) is 1. The zero-order valence-electron chi connectivity index (χ0n) is 11.5. The van der Waals surface area contributed by atoms with Crippen LogP contribution >= 0.6 is 15.9 Å².